The lowest BCUT2D eigenvalue weighted by Crippen LogP contribution is -2.56. The summed E-state index contributed by atoms with van der Waals surface area (Å²) in [5.41, 5.74) is 0.287. The molecule has 0 aliphatic heterocycles. The Labute approximate surface area is 274 Å². The summed E-state index contributed by atoms with van der Waals surface area (Å²) < 4.78 is 49.8. The SMILES string of the molecule is COc1ccc(Cl)cc1N(CC(=O)N(Cc1ccccc1F)C(Cc1ccccc1)C(=O)NC(C)(C)C)S(=O)(=O)c1ccccc1. The van der Waals surface area contributed by atoms with Crippen LogP contribution in [0.25, 0.3) is 0 Å². The minimum Gasteiger partial charge on any atom is -0.495 e. The van der Waals surface area contributed by atoms with E-state index in [-0.39, 0.29) is 39.9 Å². The van der Waals surface area contributed by atoms with Crippen LogP contribution < -0.4 is 14.4 Å². The van der Waals surface area contributed by atoms with Crippen molar-refractivity contribution < 1.29 is 27.1 Å². The fourth-order valence-corrected chi connectivity index (χ4v) is 6.51. The van der Waals surface area contributed by atoms with Gasteiger partial charge in [0.1, 0.15) is 24.2 Å². The van der Waals surface area contributed by atoms with Gasteiger partial charge in [-0.2, -0.15) is 0 Å². The summed E-state index contributed by atoms with van der Waals surface area (Å²) in [4.78, 5) is 29.6. The molecule has 0 aliphatic rings. The Bertz CT molecular complexity index is 1770. The van der Waals surface area contributed by atoms with Crippen LogP contribution in [0.1, 0.15) is 31.9 Å². The number of rotatable bonds is 12. The zero-order valence-corrected chi connectivity index (χ0v) is 27.7. The minimum atomic E-state index is -4.37. The van der Waals surface area contributed by atoms with Crippen molar-refractivity contribution in [2.75, 3.05) is 18.0 Å². The van der Waals surface area contributed by atoms with Crippen LogP contribution in [0.5, 0.6) is 5.75 Å². The molecule has 0 aliphatic carbocycles. The molecule has 0 bridgehead atoms. The van der Waals surface area contributed by atoms with Gasteiger partial charge in [0.25, 0.3) is 10.0 Å². The quantitative estimate of drug-likeness (QED) is 0.193. The molecule has 242 valence electrons. The number of carbonyl (C=O) groups is 2. The summed E-state index contributed by atoms with van der Waals surface area (Å²) in [7, 11) is -3.00. The Morgan fingerprint density at radius 2 is 1.52 bits per heavy atom. The third-order valence-corrected chi connectivity index (χ3v) is 9.10. The second kappa shape index (κ2) is 14.8. The summed E-state index contributed by atoms with van der Waals surface area (Å²) in [5.74, 6) is -1.63. The molecule has 0 saturated heterocycles. The molecular formula is C35H37ClFN3O5S. The first-order chi connectivity index (χ1) is 21.8. The molecule has 46 heavy (non-hydrogen) atoms. The number of hydrogen-bond acceptors (Lipinski definition) is 5. The lowest BCUT2D eigenvalue weighted by molar-refractivity contribution is -0.140. The molecule has 0 radical (unpaired) electrons. The molecule has 8 nitrogen and oxygen atoms in total. The van der Waals surface area contributed by atoms with E-state index in [1.807, 2.05) is 51.1 Å². The number of nitrogens with zero attached hydrogens (tertiary/aromatic N) is 2. The highest BCUT2D eigenvalue weighted by molar-refractivity contribution is 7.92. The molecule has 0 saturated carbocycles. The zero-order valence-electron chi connectivity index (χ0n) is 26.1. The summed E-state index contributed by atoms with van der Waals surface area (Å²) in [5, 5.41) is 3.16. The van der Waals surface area contributed by atoms with Crippen LogP contribution in [-0.4, -0.2) is 50.4 Å². The van der Waals surface area contributed by atoms with Gasteiger partial charge in [-0.1, -0.05) is 78.3 Å². The minimum absolute atomic E-state index is 0.0248. The lowest BCUT2D eigenvalue weighted by atomic mass is 10.0. The van der Waals surface area contributed by atoms with Gasteiger partial charge in [0.2, 0.25) is 11.8 Å². The number of sulfonamides is 1. The van der Waals surface area contributed by atoms with Gasteiger partial charge in [0.15, 0.2) is 0 Å². The third-order valence-electron chi connectivity index (χ3n) is 7.09. The van der Waals surface area contributed by atoms with Crippen LogP contribution in [0, 0.1) is 5.82 Å². The number of methoxy groups -OCH3 is 1. The number of nitrogens with one attached hydrogen (secondary N) is 1. The van der Waals surface area contributed by atoms with Crippen molar-refractivity contribution in [2.24, 2.45) is 0 Å². The van der Waals surface area contributed by atoms with Gasteiger partial charge in [-0.3, -0.25) is 13.9 Å². The second-order valence-electron chi connectivity index (χ2n) is 11.7. The molecule has 0 aromatic heterocycles. The summed E-state index contributed by atoms with van der Waals surface area (Å²) in [6.45, 7) is 4.40. The van der Waals surface area contributed by atoms with Gasteiger partial charge in [0, 0.05) is 29.1 Å². The number of benzene rings is 4. The molecule has 4 aromatic carbocycles. The molecule has 4 rings (SSSR count). The topological polar surface area (TPSA) is 96.0 Å². The highest BCUT2D eigenvalue weighted by Crippen LogP contribution is 2.35. The van der Waals surface area contributed by atoms with E-state index in [1.54, 1.807) is 24.3 Å². The van der Waals surface area contributed by atoms with Gasteiger partial charge in [0.05, 0.1) is 17.7 Å². The fourth-order valence-electron chi connectivity index (χ4n) is 4.91. The van der Waals surface area contributed by atoms with Crippen LogP contribution in [0.3, 0.4) is 0 Å². The van der Waals surface area contributed by atoms with Crippen LogP contribution in [0.4, 0.5) is 10.1 Å². The summed E-state index contributed by atoms with van der Waals surface area (Å²) >= 11 is 6.31. The number of ether oxygens (including phenoxy) is 1. The van der Waals surface area contributed by atoms with Crippen molar-refractivity contribution in [1.82, 2.24) is 10.2 Å². The fraction of sp³-hybridized carbons (Fsp3) is 0.257. The average Bonchev–Trinajstić information content (AvgIpc) is 3.02. The van der Waals surface area contributed by atoms with Gasteiger partial charge in [-0.05, 0) is 62.7 Å². The molecule has 1 atom stereocenters. The van der Waals surface area contributed by atoms with E-state index in [1.165, 1.54) is 60.5 Å². The Hall–Kier alpha value is -4.41. The molecule has 1 N–H and O–H groups in total. The second-order valence-corrected chi connectivity index (χ2v) is 14.0. The number of halogens is 2. The van der Waals surface area contributed by atoms with E-state index in [9.17, 15) is 18.0 Å². The van der Waals surface area contributed by atoms with Crippen LogP contribution in [-0.2, 0) is 32.6 Å². The predicted octanol–water partition coefficient (Wildman–Crippen LogP) is 6.24. The highest BCUT2D eigenvalue weighted by atomic mass is 35.5. The maximum atomic E-state index is 15.1. The standard InChI is InChI=1S/C35H37ClFN3O5S/c1-35(2,3)38-34(42)31(21-25-13-7-5-8-14-25)39(23-26-15-11-12-18-29(26)37)33(41)24-40(30-22-27(36)19-20-32(30)45-4)46(43,44)28-16-9-6-10-17-28/h5-20,22,31H,21,23-24H2,1-4H3,(H,38,42). The first-order valence-electron chi connectivity index (χ1n) is 14.6. The molecule has 0 spiro atoms. The number of hydrogen-bond donors (Lipinski definition) is 1. The lowest BCUT2D eigenvalue weighted by Gasteiger charge is -2.35. The Balaban J connectivity index is 1.87. The van der Waals surface area contributed by atoms with Crippen molar-refractivity contribution in [3.8, 4) is 5.75 Å². The van der Waals surface area contributed by atoms with Gasteiger partial charge >= 0.3 is 0 Å². The average molecular weight is 666 g/mol. The van der Waals surface area contributed by atoms with Crippen molar-refractivity contribution >= 4 is 39.1 Å². The number of amides is 2. The molecule has 11 heteroatoms. The monoisotopic (exact) mass is 665 g/mol. The summed E-state index contributed by atoms with van der Waals surface area (Å²) in [6.07, 6.45) is 0.0921. The summed E-state index contributed by atoms with van der Waals surface area (Å²) in [6, 6.07) is 26.0. The van der Waals surface area contributed by atoms with Gasteiger partial charge in [-0.15, -0.1) is 0 Å². The van der Waals surface area contributed by atoms with E-state index >= 15 is 4.39 Å². The van der Waals surface area contributed by atoms with E-state index in [4.69, 9.17) is 16.3 Å². The third kappa shape index (κ3) is 8.64. The molecule has 2 amide bonds. The van der Waals surface area contributed by atoms with E-state index in [2.05, 4.69) is 5.32 Å². The Morgan fingerprint density at radius 1 is 0.913 bits per heavy atom. The normalized spacial score (nSPS) is 12.2. The van der Waals surface area contributed by atoms with Gasteiger partial charge < -0.3 is 15.0 Å². The number of anilines is 1. The van der Waals surface area contributed by atoms with E-state index in [0.717, 1.165) is 9.87 Å². The first kappa shape index (κ1) is 34.5. The molecule has 4 aromatic rings. The maximum Gasteiger partial charge on any atom is 0.264 e. The van der Waals surface area contributed by atoms with Crippen molar-refractivity contribution in [1.29, 1.82) is 0 Å². The van der Waals surface area contributed by atoms with E-state index in [0.29, 0.717) is 0 Å². The highest BCUT2D eigenvalue weighted by Gasteiger charge is 2.36. The Kier molecular flexibility index (Phi) is 11.1. The Morgan fingerprint density at radius 3 is 2.13 bits per heavy atom. The number of carbonyl (C=O) groups excluding carboxylic acids is 2. The first-order valence-corrected chi connectivity index (χ1v) is 16.4. The smallest absolute Gasteiger partial charge is 0.264 e. The molecule has 0 heterocycles. The van der Waals surface area contributed by atoms with Crippen LogP contribution in [0.15, 0.2) is 108 Å². The van der Waals surface area contributed by atoms with Crippen LogP contribution >= 0.6 is 11.6 Å². The predicted molar refractivity (Wildman–Crippen MR) is 178 cm³/mol. The largest absolute Gasteiger partial charge is 0.495 e. The van der Waals surface area contributed by atoms with Crippen molar-refractivity contribution in [3.63, 3.8) is 0 Å². The van der Waals surface area contributed by atoms with E-state index < -0.39 is 45.8 Å². The van der Waals surface area contributed by atoms with Crippen molar-refractivity contribution in [3.05, 3.63) is 125 Å². The maximum absolute atomic E-state index is 15.1. The van der Waals surface area contributed by atoms with Crippen molar-refractivity contribution in [2.45, 2.75) is 50.2 Å². The molecule has 1 unspecified atom stereocenters. The molecule has 0 fully saturated rings. The van der Waals surface area contributed by atoms with Crippen LogP contribution in [0.2, 0.25) is 5.02 Å². The molecular weight excluding hydrogens is 629 g/mol. The van der Waals surface area contributed by atoms with Gasteiger partial charge in [-0.25, -0.2) is 12.8 Å². The zero-order chi connectivity index (χ0) is 33.5.